The van der Waals surface area contributed by atoms with E-state index in [0.717, 1.165) is 18.2 Å². The summed E-state index contributed by atoms with van der Waals surface area (Å²) < 4.78 is 37.5. The Morgan fingerprint density at radius 2 is 1.68 bits per heavy atom. The lowest BCUT2D eigenvalue weighted by Crippen LogP contribution is -2.10. The predicted octanol–water partition coefficient (Wildman–Crippen LogP) is 2.35. The first-order valence-electron chi connectivity index (χ1n) is 5.32. The highest BCUT2D eigenvalue weighted by Gasteiger charge is 2.31. The molecule has 0 saturated carbocycles. The standard InChI is InChI=1S/C12H11F3O4/c13-12(14,15)9-3-1-7(2-4-10(16)17)8(5-9)6-11(18)19/h1,3,5H,2,4,6H2,(H,16,17)(H,18,19). The number of carboxylic acid groups (broad SMARTS) is 2. The van der Waals surface area contributed by atoms with Crippen molar-refractivity contribution in [2.75, 3.05) is 0 Å². The Morgan fingerprint density at radius 1 is 1.05 bits per heavy atom. The number of rotatable bonds is 5. The quantitative estimate of drug-likeness (QED) is 0.865. The van der Waals surface area contributed by atoms with Crippen molar-refractivity contribution in [3.05, 3.63) is 34.9 Å². The minimum Gasteiger partial charge on any atom is -0.481 e. The van der Waals surface area contributed by atoms with Gasteiger partial charge < -0.3 is 10.2 Å². The molecule has 0 spiro atoms. The molecule has 0 aliphatic carbocycles. The van der Waals surface area contributed by atoms with Crippen LogP contribution in [0.1, 0.15) is 23.1 Å². The van der Waals surface area contributed by atoms with Crippen molar-refractivity contribution in [2.24, 2.45) is 0 Å². The lowest BCUT2D eigenvalue weighted by atomic mass is 9.97. The summed E-state index contributed by atoms with van der Waals surface area (Å²) in [5.74, 6) is -2.36. The lowest BCUT2D eigenvalue weighted by molar-refractivity contribution is -0.139. The van der Waals surface area contributed by atoms with Gasteiger partial charge in [-0.15, -0.1) is 0 Å². The van der Waals surface area contributed by atoms with Gasteiger partial charge in [0.15, 0.2) is 0 Å². The molecule has 0 radical (unpaired) electrons. The molecule has 104 valence electrons. The van der Waals surface area contributed by atoms with E-state index >= 15 is 0 Å². The molecule has 7 heteroatoms. The maximum Gasteiger partial charge on any atom is 0.416 e. The van der Waals surface area contributed by atoms with Gasteiger partial charge in [-0.1, -0.05) is 6.07 Å². The van der Waals surface area contributed by atoms with Crippen molar-refractivity contribution in [3.63, 3.8) is 0 Å². The van der Waals surface area contributed by atoms with Crippen LogP contribution in [-0.4, -0.2) is 22.2 Å². The van der Waals surface area contributed by atoms with Gasteiger partial charge in [-0.2, -0.15) is 13.2 Å². The average Bonchev–Trinajstić information content (AvgIpc) is 2.25. The van der Waals surface area contributed by atoms with E-state index in [9.17, 15) is 22.8 Å². The zero-order valence-corrected chi connectivity index (χ0v) is 9.70. The molecule has 4 nitrogen and oxygen atoms in total. The second-order valence-corrected chi connectivity index (χ2v) is 3.95. The molecule has 1 aromatic carbocycles. The summed E-state index contributed by atoms with van der Waals surface area (Å²) in [6.07, 6.45) is -5.40. The molecular weight excluding hydrogens is 265 g/mol. The molecule has 0 bridgehead atoms. The van der Waals surface area contributed by atoms with Crippen LogP contribution in [0.4, 0.5) is 13.2 Å². The first kappa shape index (κ1) is 15.0. The third-order valence-electron chi connectivity index (χ3n) is 2.48. The van der Waals surface area contributed by atoms with E-state index in [4.69, 9.17) is 10.2 Å². The summed E-state index contributed by atoms with van der Waals surface area (Å²) in [7, 11) is 0. The number of carboxylic acids is 2. The number of halogens is 3. The Labute approximate surface area is 106 Å². The summed E-state index contributed by atoms with van der Waals surface area (Å²) in [5, 5.41) is 17.2. The number of hydrogen-bond acceptors (Lipinski definition) is 2. The normalized spacial score (nSPS) is 11.3. The molecule has 0 heterocycles. The van der Waals surface area contributed by atoms with Crippen LogP contribution < -0.4 is 0 Å². The van der Waals surface area contributed by atoms with E-state index in [0.29, 0.717) is 5.56 Å². The zero-order chi connectivity index (χ0) is 14.6. The minimum absolute atomic E-state index is 0.00389. The molecule has 0 unspecified atom stereocenters. The summed E-state index contributed by atoms with van der Waals surface area (Å²) in [6, 6.07) is 2.71. The van der Waals surface area contributed by atoms with E-state index < -0.39 is 30.1 Å². The minimum atomic E-state index is -4.56. The predicted molar refractivity (Wildman–Crippen MR) is 58.7 cm³/mol. The number of hydrogen-bond donors (Lipinski definition) is 2. The van der Waals surface area contributed by atoms with Crippen molar-refractivity contribution >= 4 is 11.9 Å². The number of carbonyl (C=O) groups is 2. The second kappa shape index (κ2) is 5.73. The van der Waals surface area contributed by atoms with Gasteiger partial charge in [-0.25, -0.2) is 0 Å². The van der Waals surface area contributed by atoms with Gasteiger partial charge in [0, 0.05) is 6.42 Å². The Morgan fingerprint density at radius 3 is 2.16 bits per heavy atom. The van der Waals surface area contributed by atoms with Crippen LogP contribution >= 0.6 is 0 Å². The highest BCUT2D eigenvalue weighted by atomic mass is 19.4. The highest BCUT2D eigenvalue weighted by molar-refractivity contribution is 5.71. The van der Waals surface area contributed by atoms with E-state index in [1.165, 1.54) is 0 Å². The van der Waals surface area contributed by atoms with E-state index in [-0.39, 0.29) is 18.4 Å². The maximum absolute atomic E-state index is 12.5. The topological polar surface area (TPSA) is 74.6 Å². The van der Waals surface area contributed by atoms with E-state index in [2.05, 4.69) is 0 Å². The van der Waals surface area contributed by atoms with Crippen LogP contribution in [0.25, 0.3) is 0 Å². The van der Waals surface area contributed by atoms with Crippen molar-refractivity contribution in [3.8, 4) is 0 Å². The van der Waals surface area contributed by atoms with Gasteiger partial charge in [-0.05, 0) is 29.7 Å². The SMILES string of the molecule is O=C(O)CCc1ccc(C(F)(F)F)cc1CC(=O)O. The first-order chi connectivity index (χ1) is 8.70. The van der Waals surface area contributed by atoms with Gasteiger partial charge in [0.1, 0.15) is 0 Å². The van der Waals surface area contributed by atoms with Crippen molar-refractivity contribution < 1.29 is 33.0 Å². The summed E-state index contributed by atoms with van der Waals surface area (Å²) in [4.78, 5) is 21.1. The molecule has 1 aromatic rings. The summed E-state index contributed by atoms with van der Waals surface area (Å²) >= 11 is 0. The number of aryl methyl sites for hydroxylation is 1. The molecule has 1 rings (SSSR count). The Balaban J connectivity index is 3.09. The van der Waals surface area contributed by atoms with Crippen LogP contribution in [0.3, 0.4) is 0 Å². The first-order valence-corrected chi connectivity index (χ1v) is 5.32. The van der Waals surface area contributed by atoms with Gasteiger partial charge in [0.2, 0.25) is 0 Å². The Hall–Kier alpha value is -2.05. The van der Waals surface area contributed by atoms with Crippen LogP contribution in [0.2, 0.25) is 0 Å². The van der Waals surface area contributed by atoms with Crippen LogP contribution in [0.5, 0.6) is 0 Å². The van der Waals surface area contributed by atoms with Crippen LogP contribution in [-0.2, 0) is 28.6 Å². The number of alkyl halides is 3. The van der Waals surface area contributed by atoms with Crippen molar-refractivity contribution in [2.45, 2.75) is 25.4 Å². The molecule has 0 aliphatic heterocycles. The van der Waals surface area contributed by atoms with Crippen molar-refractivity contribution in [1.29, 1.82) is 0 Å². The van der Waals surface area contributed by atoms with Gasteiger partial charge in [-0.3, -0.25) is 9.59 Å². The highest BCUT2D eigenvalue weighted by Crippen LogP contribution is 2.31. The molecule has 0 fully saturated rings. The fraction of sp³-hybridized carbons (Fsp3) is 0.333. The average molecular weight is 276 g/mol. The lowest BCUT2D eigenvalue weighted by Gasteiger charge is -2.12. The van der Waals surface area contributed by atoms with Crippen molar-refractivity contribution in [1.82, 2.24) is 0 Å². The van der Waals surface area contributed by atoms with Crippen LogP contribution in [0, 0.1) is 0 Å². The Bertz CT molecular complexity index is 494. The fourth-order valence-electron chi connectivity index (χ4n) is 1.62. The second-order valence-electron chi connectivity index (χ2n) is 3.95. The molecule has 0 saturated heterocycles. The molecule has 2 N–H and O–H groups in total. The van der Waals surface area contributed by atoms with Gasteiger partial charge in [0.05, 0.1) is 12.0 Å². The molecule has 19 heavy (non-hydrogen) atoms. The fourth-order valence-corrected chi connectivity index (χ4v) is 1.62. The van der Waals surface area contributed by atoms with E-state index in [1.807, 2.05) is 0 Å². The smallest absolute Gasteiger partial charge is 0.416 e. The monoisotopic (exact) mass is 276 g/mol. The molecule has 0 atom stereocenters. The molecular formula is C12H11F3O4. The third kappa shape index (κ3) is 4.61. The molecule has 0 amide bonds. The number of benzene rings is 1. The summed E-state index contributed by atoms with van der Waals surface area (Å²) in [6.45, 7) is 0. The summed E-state index contributed by atoms with van der Waals surface area (Å²) in [5.41, 5.74) is -0.649. The maximum atomic E-state index is 12.5. The Kier molecular flexibility index (Phi) is 4.52. The van der Waals surface area contributed by atoms with Gasteiger partial charge in [0.25, 0.3) is 0 Å². The largest absolute Gasteiger partial charge is 0.481 e. The molecule has 0 aromatic heterocycles. The third-order valence-corrected chi connectivity index (χ3v) is 2.48. The zero-order valence-electron chi connectivity index (χ0n) is 9.70. The van der Waals surface area contributed by atoms with Crippen LogP contribution in [0.15, 0.2) is 18.2 Å². The number of aliphatic carboxylic acids is 2. The van der Waals surface area contributed by atoms with E-state index in [1.54, 1.807) is 0 Å². The van der Waals surface area contributed by atoms with Gasteiger partial charge >= 0.3 is 18.1 Å². The molecule has 0 aliphatic rings.